The van der Waals surface area contributed by atoms with Gasteiger partial charge in [0.15, 0.2) is 6.10 Å². The van der Waals surface area contributed by atoms with Crippen molar-refractivity contribution in [3.05, 3.63) is 71.0 Å². The molecule has 2 aromatic rings. The molecule has 1 amide bonds. The maximum atomic E-state index is 13.7. The number of aliphatic hydroxyl groups is 1. The monoisotopic (exact) mass is 299 g/mol. The lowest BCUT2D eigenvalue weighted by Crippen LogP contribution is -2.40. The van der Waals surface area contributed by atoms with E-state index in [1.54, 1.807) is 13.1 Å². The Kier molecular flexibility index (Phi) is 3.94. The van der Waals surface area contributed by atoms with Gasteiger partial charge < -0.3 is 10.0 Å². The lowest BCUT2D eigenvalue weighted by Gasteiger charge is -2.27. The normalized spacial score (nSPS) is 15.4. The molecule has 0 aliphatic heterocycles. The molecule has 0 saturated heterocycles. The van der Waals surface area contributed by atoms with Crippen molar-refractivity contribution in [2.24, 2.45) is 0 Å². The van der Waals surface area contributed by atoms with Crippen molar-refractivity contribution in [1.82, 2.24) is 4.90 Å². The molecular formula is C18H18FNO2. The highest BCUT2D eigenvalue weighted by atomic mass is 19.1. The Balaban J connectivity index is 1.75. The predicted octanol–water partition coefficient (Wildman–Crippen LogP) is 2.48. The van der Waals surface area contributed by atoms with Crippen LogP contribution in [0.15, 0.2) is 48.5 Å². The van der Waals surface area contributed by atoms with Crippen LogP contribution >= 0.6 is 0 Å². The molecule has 1 N–H and O–H groups in total. The van der Waals surface area contributed by atoms with Crippen LogP contribution in [0.4, 0.5) is 4.39 Å². The number of nitrogens with zero attached hydrogens (tertiary/aromatic N) is 1. The van der Waals surface area contributed by atoms with Gasteiger partial charge in [0.2, 0.25) is 0 Å². The molecule has 3 rings (SSSR count). The number of hydrogen-bond acceptors (Lipinski definition) is 2. The molecule has 114 valence electrons. The Hall–Kier alpha value is -2.20. The van der Waals surface area contributed by atoms with Gasteiger partial charge in [0.25, 0.3) is 5.91 Å². The fraction of sp³-hybridized carbons (Fsp3) is 0.278. The largest absolute Gasteiger partial charge is 0.378 e. The number of likely N-dealkylation sites (N-methyl/N-ethyl adjacent to an activating group) is 1. The summed E-state index contributed by atoms with van der Waals surface area (Å²) in [5, 5.41) is 10.2. The number of rotatable bonds is 3. The Bertz CT molecular complexity index is 676. The van der Waals surface area contributed by atoms with E-state index in [0.29, 0.717) is 0 Å². The third-order valence-corrected chi connectivity index (χ3v) is 4.36. The summed E-state index contributed by atoms with van der Waals surface area (Å²) in [5.74, 6) is -1.03. The summed E-state index contributed by atoms with van der Waals surface area (Å²) in [6.45, 7) is 0. The van der Waals surface area contributed by atoms with Crippen molar-refractivity contribution in [1.29, 1.82) is 0 Å². The van der Waals surface area contributed by atoms with Gasteiger partial charge in [-0.05, 0) is 30.0 Å². The van der Waals surface area contributed by atoms with Crippen LogP contribution in [0, 0.1) is 5.82 Å². The molecule has 1 atom stereocenters. The summed E-state index contributed by atoms with van der Waals surface area (Å²) in [7, 11) is 1.67. The highest BCUT2D eigenvalue weighted by Gasteiger charge is 2.31. The molecule has 1 aliphatic carbocycles. The van der Waals surface area contributed by atoms with Crippen molar-refractivity contribution < 1.29 is 14.3 Å². The molecule has 1 aliphatic rings. The van der Waals surface area contributed by atoms with E-state index in [2.05, 4.69) is 12.1 Å². The third kappa shape index (κ3) is 2.62. The quantitative estimate of drug-likeness (QED) is 0.946. The van der Waals surface area contributed by atoms with Gasteiger partial charge in [0.1, 0.15) is 5.82 Å². The van der Waals surface area contributed by atoms with Crippen LogP contribution in [0.3, 0.4) is 0 Å². The van der Waals surface area contributed by atoms with Crippen LogP contribution < -0.4 is 0 Å². The van der Waals surface area contributed by atoms with Crippen molar-refractivity contribution in [2.75, 3.05) is 7.05 Å². The minimum Gasteiger partial charge on any atom is -0.378 e. The zero-order chi connectivity index (χ0) is 15.7. The van der Waals surface area contributed by atoms with E-state index < -0.39 is 17.8 Å². The first-order valence-electron chi connectivity index (χ1n) is 7.34. The SMILES string of the molecule is CN(C(=O)[C@H](O)c1ccccc1F)C1Cc2ccccc2C1. The van der Waals surface area contributed by atoms with E-state index in [-0.39, 0.29) is 11.6 Å². The third-order valence-electron chi connectivity index (χ3n) is 4.36. The van der Waals surface area contributed by atoms with Crippen molar-refractivity contribution in [3.8, 4) is 0 Å². The molecule has 4 heteroatoms. The van der Waals surface area contributed by atoms with Crippen LogP contribution in [0.2, 0.25) is 0 Å². The molecule has 0 saturated carbocycles. The summed E-state index contributed by atoms with van der Waals surface area (Å²) >= 11 is 0. The first-order valence-corrected chi connectivity index (χ1v) is 7.34. The predicted molar refractivity (Wildman–Crippen MR) is 81.8 cm³/mol. The lowest BCUT2D eigenvalue weighted by atomic mass is 10.1. The fourth-order valence-corrected chi connectivity index (χ4v) is 3.01. The summed E-state index contributed by atoms with van der Waals surface area (Å²) in [5.41, 5.74) is 2.48. The van der Waals surface area contributed by atoms with Gasteiger partial charge in [-0.2, -0.15) is 0 Å². The average molecular weight is 299 g/mol. The fourth-order valence-electron chi connectivity index (χ4n) is 3.01. The minimum atomic E-state index is -1.46. The zero-order valence-corrected chi connectivity index (χ0v) is 12.4. The Labute approximate surface area is 129 Å². The van der Waals surface area contributed by atoms with E-state index in [9.17, 15) is 14.3 Å². The standard InChI is InChI=1S/C18H18FNO2/c1-20(14-10-12-6-2-3-7-13(12)11-14)18(22)17(21)15-8-4-5-9-16(15)19/h2-9,14,17,21H,10-11H2,1H3/t17-/m1/s1. The van der Waals surface area contributed by atoms with Crippen molar-refractivity contribution in [2.45, 2.75) is 25.0 Å². The van der Waals surface area contributed by atoms with Crippen LogP contribution in [0.25, 0.3) is 0 Å². The maximum Gasteiger partial charge on any atom is 0.256 e. The van der Waals surface area contributed by atoms with Gasteiger partial charge in [-0.1, -0.05) is 42.5 Å². The summed E-state index contributed by atoms with van der Waals surface area (Å²) in [6.07, 6.45) is 0.0695. The van der Waals surface area contributed by atoms with Gasteiger partial charge >= 0.3 is 0 Å². The molecular weight excluding hydrogens is 281 g/mol. The van der Waals surface area contributed by atoms with Crippen LogP contribution in [0.5, 0.6) is 0 Å². The van der Waals surface area contributed by atoms with Gasteiger partial charge in [-0.25, -0.2) is 4.39 Å². The van der Waals surface area contributed by atoms with E-state index >= 15 is 0 Å². The number of halogens is 1. The zero-order valence-electron chi connectivity index (χ0n) is 12.4. The molecule has 0 aromatic heterocycles. The molecule has 0 bridgehead atoms. The number of amides is 1. The molecule has 0 unspecified atom stereocenters. The summed E-state index contributed by atoms with van der Waals surface area (Å²) < 4.78 is 13.7. The van der Waals surface area contributed by atoms with E-state index in [0.717, 1.165) is 12.8 Å². The highest BCUT2D eigenvalue weighted by Crippen LogP contribution is 2.27. The van der Waals surface area contributed by atoms with Crippen molar-refractivity contribution >= 4 is 5.91 Å². The molecule has 22 heavy (non-hydrogen) atoms. The number of hydrogen-bond donors (Lipinski definition) is 1. The summed E-state index contributed by atoms with van der Waals surface area (Å²) in [4.78, 5) is 14.0. The van der Waals surface area contributed by atoms with E-state index in [1.165, 1.54) is 34.2 Å². The first-order chi connectivity index (χ1) is 10.6. The highest BCUT2D eigenvalue weighted by molar-refractivity contribution is 5.82. The van der Waals surface area contributed by atoms with E-state index in [1.807, 2.05) is 12.1 Å². The first kappa shape index (κ1) is 14.7. The number of fused-ring (bicyclic) bond motifs is 1. The number of carbonyl (C=O) groups excluding carboxylic acids is 1. The minimum absolute atomic E-state index is 0.00586. The van der Waals surface area contributed by atoms with Gasteiger partial charge in [0, 0.05) is 18.7 Å². The van der Waals surface area contributed by atoms with Gasteiger partial charge in [-0.3, -0.25) is 4.79 Å². The van der Waals surface area contributed by atoms with Crippen LogP contribution in [-0.2, 0) is 17.6 Å². The van der Waals surface area contributed by atoms with Crippen LogP contribution in [0.1, 0.15) is 22.8 Å². The Morgan fingerprint density at radius 1 is 1.14 bits per heavy atom. The smallest absolute Gasteiger partial charge is 0.256 e. The number of aliphatic hydroxyl groups excluding tert-OH is 1. The van der Waals surface area contributed by atoms with Gasteiger partial charge in [-0.15, -0.1) is 0 Å². The van der Waals surface area contributed by atoms with Crippen LogP contribution in [-0.4, -0.2) is 29.0 Å². The van der Waals surface area contributed by atoms with E-state index in [4.69, 9.17) is 0 Å². The second kappa shape index (κ2) is 5.89. The topological polar surface area (TPSA) is 40.5 Å². The lowest BCUT2D eigenvalue weighted by molar-refractivity contribution is -0.141. The number of carbonyl (C=O) groups is 1. The molecule has 0 spiro atoms. The maximum absolute atomic E-state index is 13.7. The molecule has 0 radical (unpaired) electrons. The second-order valence-electron chi connectivity index (χ2n) is 5.70. The second-order valence-corrected chi connectivity index (χ2v) is 5.70. The Morgan fingerprint density at radius 2 is 1.68 bits per heavy atom. The molecule has 0 fully saturated rings. The number of benzene rings is 2. The van der Waals surface area contributed by atoms with Gasteiger partial charge in [0.05, 0.1) is 0 Å². The average Bonchev–Trinajstić information content (AvgIpc) is 2.97. The molecule has 2 aromatic carbocycles. The van der Waals surface area contributed by atoms with Crippen molar-refractivity contribution in [3.63, 3.8) is 0 Å². The summed E-state index contributed by atoms with van der Waals surface area (Å²) in [6, 6.07) is 13.9. The molecule has 3 nitrogen and oxygen atoms in total. The molecule has 0 heterocycles. The Morgan fingerprint density at radius 3 is 2.27 bits per heavy atom.